The highest BCUT2D eigenvalue weighted by Gasteiger charge is 2.30. The maximum Gasteiger partial charge on any atom is 0.317 e. The van der Waals surface area contributed by atoms with Crippen molar-refractivity contribution in [2.75, 3.05) is 32.7 Å². The van der Waals surface area contributed by atoms with E-state index >= 15 is 0 Å². The first-order chi connectivity index (χ1) is 13.4. The molecule has 0 bridgehead atoms. The molecule has 1 aliphatic rings. The number of nitro benzene ring substituents is 1. The van der Waals surface area contributed by atoms with E-state index in [9.17, 15) is 23.3 Å². The lowest BCUT2D eigenvalue weighted by atomic mass is 10.3. The highest BCUT2D eigenvalue weighted by Crippen LogP contribution is 2.22. The zero-order valence-corrected chi connectivity index (χ0v) is 16.6. The van der Waals surface area contributed by atoms with E-state index in [-0.39, 0.29) is 42.8 Å². The van der Waals surface area contributed by atoms with Gasteiger partial charge in [-0.15, -0.1) is 11.3 Å². The number of amides is 2. The van der Waals surface area contributed by atoms with Crippen LogP contribution in [0.25, 0.3) is 0 Å². The van der Waals surface area contributed by atoms with Gasteiger partial charge in [0.05, 0.1) is 9.82 Å². The molecule has 0 spiro atoms. The molecule has 1 aliphatic heterocycles. The molecular weight excluding hydrogens is 404 g/mol. The smallest absolute Gasteiger partial charge is 0.317 e. The molecule has 1 fully saturated rings. The van der Waals surface area contributed by atoms with Crippen LogP contribution in [0.2, 0.25) is 0 Å². The Hall–Kier alpha value is -2.50. The average molecular weight is 425 g/mol. The van der Waals surface area contributed by atoms with Gasteiger partial charge in [-0.2, -0.15) is 4.31 Å². The second-order valence-electron chi connectivity index (χ2n) is 6.21. The molecule has 150 valence electrons. The first-order valence-corrected chi connectivity index (χ1v) is 11.0. The summed E-state index contributed by atoms with van der Waals surface area (Å²) in [7, 11) is -3.84. The Morgan fingerprint density at radius 3 is 2.57 bits per heavy atom. The van der Waals surface area contributed by atoms with Gasteiger partial charge in [0, 0.05) is 49.7 Å². The predicted molar refractivity (Wildman–Crippen MR) is 105 cm³/mol. The molecule has 0 radical (unpaired) electrons. The predicted octanol–water partition coefficient (Wildman–Crippen LogP) is 1.91. The number of nitro groups is 1. The third-order valence-electron chi connectivity index (χ3n) is 4.42. The van der Waals surface area contributed by atoms with Gasteiger partial charge in [0.25, 0.3) is 5.69 Å². The van der Waals surface area contributed by atoms with Gasteiger partial charge in [-0.3, -0.25) is 10.1 Å². The number of hydrogen-bond donors (Lipinski definition) is 1. The minimum Gasteiger partial charge on any atom is -0.338 e. The Labute approximate surface area is 166 Å². The molecular formula is C17H20N4O5S2. The number of sulfonamides is 1. The monoisotopic (exact) mass is 424 g/mol. The maximum atomic E-state index is 12.7. The van der Waals surface area contributed by atoms with Crippen LogP contribution in [0.1, 0.15) is 4.88 Å². The minimum absolute atomic E-state index is 0.115. The topological polar surface area (TPSA) is 113 Å². The zero-order valence-electron chi connectivity index (χ0n) is 15.0. The molecule has 3 rings (SSSR count). The van der Waals surface area contributed by atoms with Crippen LogP contribution in [0.3, 0.4) is 0 Å². The Bertz CT molecular complexity index is 938. The van der Waals surface area contributed by atoms with Gasteiger partial charge in [0.15, 0.2) is 0 Å². The highest BCUT2D eigenvalue weighted by molar-refractivity contribution is 7.89. The molecule has 0 aliphatic carbocycles. The maximum absolute atomic E-state index is 12.7. The van der Waals surface area contributed by atoms with Crippen molar-refractivity contribution >= 4 is 33.1 Å². The van der Waals surface area contributed by atoms with E-state index < -0.39 is 14.9 Å². The molecule has 9 nitrogen and oxygen atoms in total. The van der Waals surface area contributed by atoms with Gasteiger partial charge < -0.3 is 10.2 Å². The second-order valence-corrected chi connectivity index (χ2v) is 9.18. The van der Waals surface area contributed by atoms with Gasteiger partial charge in [-0.1, -0.05) is 12.1 Å². The summed E-state index contributed by atoms with van der Waals surface area (Å²) in [5.41, 5.74) is -0.273. The number of non-ortho nitro benzene ring substituents is 1. The standard InChI is InChI=1S/C17H20N4O5S2/c22-17(18-7-6-15-4-2-12-27-15)19-8-10-20(11-9-19)28(25,26)16-5-1-3-14(13-16)21(23)24/h1-5,12-13H,6-11H2,(H,18,22). The van der Waals surface area contributed by atoms with E-state index in [1.165, 1.54) is 27.4 Å². The fourth-order valence-corrected chi connectivity index (χ4v) is 5.07. The Morgan fingerprint density at radius 1 is 1.18 bits per heavy atom. The van der Waals surface area contributed by atoms with Crippen LogP contribution >= 0.6 is 11.3 Å². The number of carbonyl (C=O) groups excluding carboxylic acids is 1. The summed E-state index contributed by atoms with van der Waals surface area (Å²) in [6, 6.07) is 8.74. The van der Waals surface area contributed by atoms with Crippen LogP contribution in [-0.4, -0.2) is 61.3 Å². The van der Waals surface area contributed by atoms with E-state index in [0.29, 0.717) is 6.54 Å². The number of nitrogens with zero attached hydrogens (tertiary/aromatic N) is 3. The zero-order chi connectivity index (χ0) is 20.1. The van der Waals surface area contributed by atoms with E-state index in [2.05, 4.69) is 5.32 Å². The molecule has 2 amide bonds. The number of thiophene rings is 1. The summed E-state index contributed by atoms with van der Waals surface area (Å²) >= 11 is 1.63. The number of urea groups is 1. The normalized spacial score (nSPS) is 15.4. The second kappa shape index (κ2) is 8.67. The fourth-order valence-electron chi connectivity index (χ4n) is 2.90. The summed E-state index contributed by atoms with van der Waals surface area (Å²) in [5, 5.41) is 15.7. The summed E-state index contributed by atoms with van der Waals surface area (Å²) in [4.78, 5) is 25.2. The van der Waals surface area contributed by atoms with Gasteiger partial charge in [0.1, 0.15) is 0 Å². The number of rotatable bonds is 6. The van der Waals surface area contributed by atoms with Crippen LogP contribution in [0, 0.1) is 10.1 Å². The lowest BCUT2D eigenvalue weighted by molar-refractivity contribution is -0.385. The number of nitrogens with one attached hydrogen (secondary N) is 1. The van der Waals surface area contributed by atoms with Crippen molar-refractivity contribution in [3.63, 3.8) is 0 Å². The fraction of sp³-hybridized carbons (Fsp3) is 0.353. The average Bonchev–Trinajstić information content (AvgIpc) is 3.21. The SMILES string of the molecule is O=C(NCCc1cccs1)N1CCN(S(=O)(=O)c2cccc([N+](=O)[O-])c2)CC1. The van der Waals surface area contributed by atoms with Gasteiger partial charge in [-0.05, 0) is 23.9 Å². The Kier molecular flexibility index (Phi) is 6.27. The van der Waals surface area contributed by atoms with Crippen LogP contribution in [0.4, 0.5) is 10.5 Å². The lowest BCUT2D eigenvalue weighted by Crippen LogP contribution is -2.53. The molecule has 0 unspecified atom stereocenters. The number of benzene rings is 1. The van der Waals surface area contributed by atoms with Crippen molar-refractivity contribution in [3.05, 3.63) is 56.8 Å². The molecule has 11 heteroatoms. The van der Waals surface area contributed by atoms with E-state index in [0.717, 1.165) is 12.5 Å². The molecule has 1 N–H and O–H groups in total. The first-order valence-electron chi connectivity index (χ1n) is 8.68. The lowest BCUT2D eigenvalue weighted by Gasteiger charge is -2.33. The molecule has 2 heterocycles. The third-order valence-corrected chi connectivity index (χ3v) is 7.25. The number of piperazine rings is 1. The largest absolute Gasteiger partial charge is 0.338 e. The van der Waals surface area contributed by atoms with Crippen molar-refractivity contribution in [2.45, 2.75) is 11.3 Å². The highest BCUT2D eigenvalue weighted by atomic mass is 32.2. The molecule has 1 saturated heterocycles. The van der Waals surface area contributed by atoms with Crippen molar-refractivity contribution in [2.24, 2.45) is 0 Å². The molecule has 0 atom stereocenters. The van der Waals surface area contributed by atoms with Crippen molar-refractivity contribution in [3.8, 4) is 0 Å². The quantitative estimate of drug-likeness (QED) is 0.562. The number of carbonyl (C=O) groups is 1. The molecule has 28 heavy (non-hydrogen) atoms. The van der Waals surface area contributed by atoms with Crippen LogP contribution in [-0.2, 0) is 16.4 Å². The number of hydrogen-bond acceptors (Lipinski definition) is 6. The van der Waals surface area contributed by atoms with Crippen molar-refractivity contribution < 1.29 is 18.1 Å². The van der Waals surface area contributed by atoms with Gasteiger partial charge in [0.2, 0.25) is 10.0 Å². The van der Waals surface area contributed by atoms with Gasteiger partial charge in [-0.25, -0.2) is 13.2 Å². The summed E-state index contributed by atoms with van der Waals surface area (Å²) in [6.07, 6.45) is 0.755. The minimum atomic E-state index is -3.84. The van der Waals surface area contributed by atoms with Gasteiger partial charge >= 0.3 is 6.03 Å². The van der Waals surface area contributed by atoms with Crippen LogP contribution < -0.4 is 5.32 Å². The molecule has 1 aromatic heterocycles. The molecule has 0 saturated carbocycles. The third kappa shape index (κ3) is 4.66. The molecule has 1 aromatic carbocycles. The summed E-state index contributed by atoms with van der Waals surface area (Å²) in [5.74, 6) is 0. The van der Waals surface area contributed by atoms with E-state index in [1.54, 1.807) is 16.2 Å². The van der Waals surface area contributed by atoms with Crippen LogP contribution in [0.5, 0.6) is 0 Å². The van der Waals surface area contributed by atoms with Crippen molar-refractivity contribution in [1.82, 2.24) is 14.5 Å². The van der Waals surface area contributed by atoms with E-state index in [4.69, 9.17) is 0 Å². The van der Waals surface area contributed by atoms with Crippen molar-refractivity contribution in [1.29, 1.82) is 0 Å². The van der Waals surface area contributed by atoms with Crippen LogP contribution in [0.15, 0.2) is 46.7 Å². The summed E-state index contributed by atoms with van der Waals surface area (Å²) in [6.45, 7) is 1.33. The molecule has 2 aromatic rings. The first kappa shape index (κ1) is 20.2. The summed E-state index contributed by atoms with van der Waals surface area (Å²) < 4.78 is 26.7. The van der Waals surface area contributed by atoms with E-state index in [1.807, 2.05) is 17.5 Å². The Morgan fingerprint density at radius 2 is 1.93 bits per heavy atom. The Balaban J connectivity index is 1.54.